The van der Waals surface area contributed by atoms with Crippen LogP contribution in [0.4, 0.5) is 13.2 Å². The van der Waals surface area contributed by atoms with E-state index in [0.717, 1.165) is 11.6 Å². The molecule has 1 unspecified atom stereocenters. The van der Waals surface area contributed by atoms with Crippen LogP contribution in [0.2, 0.25) is 0 Å². The molecule has 4 rings (SSSR count). The Morgan fingerprint density at radius 3 is 2.59 bits per heavy atom. The van der Waals surface area contributed by atoms with Crippen LogP contribution in [-0.4, -0.2) is 29.1 Å². The van der Waals surface area contributed by atoms with Gasteiger partial charge in [0.2, 0.25) is 5.89 Å². The van der Waals surface area contributed by atoms with E-state index in [1.54, 1.807) is 12.0 Å². The van der Waals surface area contributed by atoms with E-state index in [2.05, 4.69) is 21.9 Å². The number of alkyl halides is 3. The molecule has 3 N–H and O–H groups in total. The maximum absolute atomic E-state index is 13.3. The predicted octanol–water partition coefficient (Wildman–Crippen LogP) is 4.94. The van der Waals surface area contributed by atoms with Gasteiger partial charge in [0.1, 0.15) is 34.4 Å². The van der Waals surface area contributed by atoms with Gasteiger partial charge in [0, 0.05) is 17.0 Å². The Labute approximate surface area is 210 Å². The normalized spacial score (nSPS) is 12.1. The van der Waals surface area contributed by atoms with Gasteiger partial charge < -0.3 is 20.2 Å². The predicted molar refractivity (Wildman–Crippen MR) is 133 cm³/mol. The van der Waals surface area contributed by atoms with Crippen molar-refractivity contribution in [2.45, 2.75) is 25.2 Å². The number of oxazole rings is 1. The van der Waals surface area contributed by atoms with Gasteiger partial charge in [-0.3, -0.25) is 0 Å². The summed E-state index contributed by atoms with van der Waals surface area (Å²) in [6, 6.07) is 14.4. The lowest BCUT2D eigenvalue weighted by molar-refractivity contribution is -0.140. The van der Waals surface area contributed by atoms with Crippen molar-refractivity contribution in [1.82, 2.24) is 15.3 Å². The molecular weight excluding hydrogens is 485 g/mol. The molecule has 1 atom stereocenters. The number of ether oxygens (including phenoxy) is 1. The lowest BCUT2D eigenvalue weighted by atomic mass is 10.1. The second-order valence-corrected chi connectivity index (χ2v) is 8.10. The molecule has 0 bridgehead atoms. The van der Waals surface area contributed by atoms with Gasteiger partial charge in [-0.15, -0.1) is 0 Å². The van der Waals surface area contributed by atoms with Gasteiger partial charge >= 0.3 is 6.18 Å². The topological polar surface area (TPSA) is 103 Å². The second-order valence-electron chi connectivity index (χ2n) is 8.10. The number of hydrogen-bond donors (Lipinski definition) is 2. The Balaban J connectivity index is 1.71. The molecule has 0 radical (unpaired) electrons. The highest BCUT2D eigenvalue weighted by Crippen LogP contribution is 2.37. The first-order valence-corrected chi connectivity index (χ1v) is 11.2. The van der Waals surface area contributed by atoms with Crippen LogP contribution in [0.1, 0.15) is 22.7 Å². The van der Waals surface area contributed by atoms with Crippen LogP contribution in [0, 0.1) is 0 Å². The largest absolute Gasteiger partial charge is 0.494 e. The number of carbonyl (C=O) groups excluding carboxylic acids is 1. The zero-order chi connectivity index (χ0) is 26.6. The van der Waals surface area contributed by atoms with E-state index in [1.165, 1.54) is 25.3 Å². The monoisotopic (exact) mass is 508 g/mol. The van der Waals surface area contributed by atoms with Gasteiger partial charge in [-0.1, -0.05) is 36.9 Å². The number of hydrogen-bond acceptors (Lipinski definition) is 7. The number of pyridine rings is 1. The number of nitrogens with one attached hydrogen (secondary N) is 1. The number of methoxy groups -OCH3 is 1. The molecule has 4 aromatic rings. The van der Waals surface area contributed by atoms with Gasteiger partial charge in [-0.25, -0.2) is 14.8 Å². The molecule has 190 valence electrons. The molecule has 7 nitrogen and oxygen atoms in total. The highest BCUT2D eigenvalue weighted by atomic mass is 19.4. The van der Waals surface area contributed by atoms with Crippen LogP contribution in [0.3, 0.4) is 0 Å². The smallest absolute Gasteiger partial charge is 0.433 e. The first-order valence-electron chi connectivity index (χ1n) is 11.2. The molecule has 2 aromatic carbocycles. The summed E-state index contributed by atoms with van der Waals surface area (Å²) >= 11 is 0. The molecule has 10 heteroatoms. The highest BCUT2D eigenvalue weighted by molar-refractivity contribution is 5.96. The van der Waals surface area contributed by atoms with Crippen LogP contribution in [-0.2, 0) is 23.9 Å². The van der Waals surface area contributed by atoms with Crippen LogP contribution >= 0.6 is 0 Å². The minimum atomic E-state index is -4.62. The van der Waals surface area contributed by atoms with Gasteiger partial charge in [0.15, 0.2) is 0 Å². The number of benzene rings is 2. The number of aromatic nitrogens is 2. The van der Waals surface area contributed by atoms with Crippen molar-refractivity contribution in [2.24, 2.45) is 5.73 Å². The molecule has 0 aliphatic carbocycles. The Hall–Kier alpha value is -4.40. The average Bonchev–Trinajstić information content (AvgIpc) is 3.32. The molecule has 0 aliphatic heterocycles. The molecule has 0 aliphatic rings. The van der Waals surface area contributed by atoms with Gasteiger partial charge in [0.05, 0.1) is 25.4 Å². The minimum absolute atomic E-state index is 0.0134. The maximum Gasteiger partial charge on any atom is 0.433 e. The second kappa shape index (κ2) is 10.7. The summed E-state index contributed by atoms with van der Waals surface area (Å²) < 4.78 is 50.9. The fourth-order valence-electron chi connectivity index (χ4n) is 3.94. The quantitative estimate of drug-likeness (QED) is 0.309. The van der Waals surface area contributed by atoms with E-state index in [1.807, 2.05) is 30.3 Å². The molecular formula is C27H23F3N4O3. The van der Waals surface area contributed by atoms with E-state index in [4.69, 9.17) is 14.9 Å². The summed E-state index contributed by atoms with van der Waals surface area (Å²) in [5.74, 6) is 2.41. The van der Waals surface area contributed by atoms with Gasteiger partial charge in [0.25, 0.3) is 0 Å². The molecule has 0 saturated heterocycles. The van der Waals surface area contributed by atoms with E-state index in [-0.39, 0.29) is 23.7 Å². The van der Waals surface area contributed by atoms with Gasteiger partial charge in [-0.2, -0.15) is 13.2 Å². The Morgan fingerprint density at radius 1 is 1.19 bits per heavy atom. The van der Waals surface area contributed by atoms with Crippen molar-refractivity contribution in [1.29, 1.82) is 0 Å². The van der Waals surface area contributed by atoms with Crippen LogP contribution in [0.25, 0.3) is 28.1 Å². The molecule has 0 spiro atoms. The van der Waals surface area contributed by atoms with Crippen molar-refractivity contribution in [3.8, 4) is 17.2 Å². The van der Waals surface area contributed by atoms with Crippen LogP contribution in [0.15, 0.2) is 71.7 Å². The number of nitrogens with zero attached hydrogens (tertiary/aromatic N) is 2. The van der Waals surface area contributed by atoms with E-state index < -0.39 is 17.9 Å². The van der Waals surface area contributed by atoms with Crippen molar-refractivity contribution < 1.29 is 27.1 Å². The summed E-state index contributed by atoms with van der Waals surface area (Å²) in [6.45, 7) is 4.02. The maximum atomic E-state index is 13.3. The summed E-state index contributed by atoms with van der Waals surface area (Å²) in [7, 11) is 1.35. The number of fused-ring (bicyclic) bond motifs is 1. The number of rotatable bonds is 9. The summed E-state index contributed by atoms with van der Waals surface area (Å²) in [6.07, 6.45) is -2.77. The summed E-state index contributed by atoms with van der Waals surface area (Å²) in [4.78, 5) is 19.4. The van der Waals surface area contributed by atoms with Crippen LogP contribution < -0.4 is 15.8 Å². The van der Waals surface area contributed by atoms with Crippen molar-refractivity contribution in [3.05, 3.63) is 90.0 Å². The number of nitrogens with two attached hydrogens (primary N) is 1. The third kappa shape index (κ3) is 5.55. The molecule has 37 heavy (non-hydrogen) atoms. The Morgan fingerprint density at radius 2 is 1.95 bits per heavy atom. The lowest BCUT2D eigenvalue weighted by Gasteiger charge is -2.16. The fraction of sp³-hybridized carbons (Fsp3) is 0.185. The van der Waals surface area contributed by atoms with Crippen molar-refractivity contribution >= 4 is 22.5 Å². The van der Waals surface area contributed by atoms with E-state index in [9.17, 15) is 18.0 Å². The lowest BCUT2D eigenvalue weighted by Crippen LogP contribution is -2.28. The standard InChI is InChI=1S/C27H23F3N4O3/c1-16(32-18(12-13-35)14-17-6-4-3-5-7-17)24-22(15-31)37-26(34-24)20-8-10-21(36-2)25-19(20)9-11-23(33-25)27(28,29)30/h3-12,18,32H,1,14-15,31H2,2H3. The molecule has 2 aromatic heterocycles. The zero-order valence-electron chi connectivity index (χ0n) is 19.8. The minimum Gasteiger partial charge on any atom is -0.494 e. The first-order chi connectivity index (χ1) is 17.7. The van der Waals surface area contributed by atoms with Gasteiger partial charge in [-0.05, 0) is 36.2 Å². The zero-order valence-corrected chi connectivity index (χ0v) is 19.8. The summed E-state index contributed by atoms with van der Waals surface area (Å²) in [5.41, 5.74) is 6.95. The van der Waals surface area contributed by atoms with E-state index in [0.29, 0.717) is 34.5 Å². The SMILES string of the molecule is C=C(NC(C=C=O)Cc1ccccc1)c1nc(-c2ccc(OC)c3nc(C(F)(F)F)ccc23)oc1CN. The molecule has 0 saturated carbocycles. The third-order valence-electron chi connectivity index (χ3n) is 5.66. The fourth-order valence-corrected chi connectivity index (χ4v) is 3.94. The average molecular weight is 509 g/mol. The van der Waals surface area contributed by atoms with Crippen molar-refractivity contribution in [3.63, 3.8) is 0 Å². The number of halogens is 3. The Kier molecular flexibility index (Phi) is 7.42. The first kappa shape index (κ1) is 25.7. The Bertz CT molecular complexity index is 1480. The molecule has 0 fully saturated rings. The molecule has 2 heterocycles. The van der Waals surface area contributed by atoms with Crippen LogP contribution in [0.5, 0.6) is 5.75 Å². The van der Waals surface area contributed by atoms with E-state index >= 15 is 0 Å². The molecule has 0 amide bonds. The van der Waals surface area contributed by atoms with Crippen molar-refractivity contribution in [2.75, 3.05) is 7.11 Å². The third-order valence-corrected chi connectivity index (χ3v) is 5.66. The summed E-state index contributed by atoms with van der Waals surface area (Å²) in [5, 5.41) is 3.51. The highest BCUT2D eigenvalue weighted by Gasteiger charge is 2.33.